The Hall–Kier alpha value is -3.11. The van der Waals surface area contributed by atoms with E-state index in [1.807, 2.05) is 17.0 Å². The molecule has 1 amide bonds. The number of carbonyl (C=O) groups excluding carboxylic acids is 1. The highest BCUT2D eigenvalue weighted by atomic mass is 16.3. The highest BCUT2D eigenvalue weighted by Gasteiger charge is 2.36. The number of H-pyrrole nitrogens is 1. The zero-order valence-electron chi connectivity index (χ0n) is 16.2. The SMILES string of the molecule is N#Cc1cc(CN2CC(C3CCCN(C(=O)c4ccc(=O)[nH]c4)C3)C2)ccc1O. The van der Waals surface area contributed by atoms with Gasteiger partial charge in [0.1, 0.15) is 11.8 Å². The molecule has 2 aliphatic heterocycles. The fourth-order valence-corrected chi connectivity index (χ4v) is 4.37. The lowest BCUT2D eigenvalue weighted by Crippen LogP contribution is -2.53. The first kappa shape index (κ1) is 19.2. The van der Waals surface area contributed by atoms with E-state index in [4.69, 9.17) is 5.26 Å². The molecule has 2 aliphatic rings. The Bertz CT molecular complexity index is 983. The molecule has 1 aromatic carbocycles. The van der Waals surface area contributed by atoms with Crippen molar-refractivity contribution < 1.29 is 9.90 Å². The van der Waals surface area contributed by atoms with Gasteiger partial charge in [0.25, 0.3) is 5.91 Å². The predicted octanol–water partition coefficient (Wildman–Crippen LogP) is 1.94. The second-order valence-corrected chi connectivity index (χ2v) is 8.01. The first-order valence-electron chi connectivity index (χ1n) is 9.96. The summed E-state index contributed by atoms with van der Waals surface area (Å²) in [6, 6.07) is 10.2. The van der Waals surface area contributed by atoms with Crippen molar-refractivity contribution in [1.29, 1.82) is 5.26 Å². The van der Waals surface area contributed by atoms with Crippen LogP contribution in [-0.4, -0.2) is 52.0 Å². The number of pyridine rings is 1. The minimum atomic E-state index is -0.205. The largest absolute Gasteiger partial charge is 0.507 e. The van der Waals surface area contributed by atoms with Crippen molar-refractivity contribution in [2.75, 3.05) is 26.2 Å². The van der Waals surface area contributed by atoms with Gasteiger partial charge in [0.15, 0.2) is 0 Å². The number of nitriles is 1. The fourth-order valence-electron chi connectivity index (χ4n) is 4.37. The van der Waals surface area contributed by atoms with E-state index in [0.29, 0.717) is 23.0 Å². The Kier molecular flexibility index (Phi) is 5.36. The summed E-state index contributed by atoms with van der Waals surface area (Å²) in [7, 11) is 0. The number of hydrogen-bond donors (Lipinski definition) is 2. The van der Waals surface area contributed by atoms with Crippen LogP contribution in [-0.2, 0) is 6.54 Å². The molecule has 2 saturated heterocycles. The summed E-state index contributed by atoms with van der Waals surface area (Å²) < 4.78 is 0. The lowest BCUT2D eigenvalue weighted by atomic mass is 9.80. The van der Waals surface area contributed by atoms with Crippen molar-refractivity contribution in [3.05, 3.63) is 63.6 Å². The van der Waals surface area contributed by atoms with Gasteiger partial charge in [-0.3, -0.25) is 14.5 Å². The zero-order valence-corrected chi connectivity index (χ0v) is 16.2. The van der Waals surface area contributed by atoms with Gasteiger partial charge in [-0.2, -0.15) is 5.26 Å². The zero-order chi connectivity index (χ0) is 20.4. The van der Waals surface area contributed by atoms with Crippen molar-refractivity contribution in [2.45, 2.75) is 19.4 Å². The summed E-state index contributed by atoms with van der Waals surface area (Å²) in [6.07, 6.45) is 3.62. The summed E-state index contributed by atoms with van der Waals surface area (Å²) in [4.78, 5) is 30.7. The average molecular weight is 392 g/mol. The number of aromatic amines is 1. The first-order chi connectivity index (χ1) is 14.0. The van der Waals surface area contributed by atoms with Crippen LogP contribution in [0.15, 0.2) is 41.3 Å². The van der Waals surface area contributed by atoms with E-state index < -0.39 is 0 Å². The third-order valence-electron chi connectivity index (χ3n) is 6.02. The smallest absolute Gasteiger partial charge is 0.255 e. The number of nitrogens with zero attached hydrogens (tertiary/aromatic N) is 3. The molecular formula is C22H24N4O3. The maximum Gasteiger partial charge on any atom is 0.255 e. The molecule has 1 aromatic heterocycles. The van der Waals surface area contributed by atoms with Gasteiger partial charge in [-0.15, -0.1) is 0 Å². The molecule has 1 unspecified atom stereocenters. The van der Waals surface area contributed by atoms with Gasteiger partial charge < -0.3 is 15.0 Å². The van der Waals surface area contributed by atoms with E-state index in [1.165, 1.54) is 12.3 Å². The summed E-state index contributed by atoms with van der Waals surface area (Å²) in [5.41, 5.74) is 1.66. The lowest BCUT2D eigenvalue weighted by Gasteiger charge is -2.46. The number of aromatic nitrogens is 1. The number of rotatable bonds is 4. The molecule has 4 rings (SSSR count). The van der Waals surface area contributed by atoms with E-state index in [-0.39, 0.29) is 17.2 Å². The summed E-state index contributed by atoms with van der Waals surface area (Å²) in [5.74, 6) is 1.05. The molecule has 3 heterocycles. The minimum Gasteiger partial charge on any atom is -0.507 e. The van der Waals surface area contributed by atoms with E-state index in [9.17, 15) is 14.7 Å². The number of phenolic OH excluding ortho intramolecular Hbond substituents is 1. The van der Waals surface area contributed by atoms with Crippen LogP contribution in [0, 0.1) is 23.2 Å². The molecule has 7 nitrogen and oxygen atoms in total. The van der Waals surface area contributed by atoms with Crippen LogP contribution in [0.3, 0.4) is 0 Å². The number of amides is 1. The highest BCUT2D eigenvalue weighted by molar-refractivity contribution is 5.93. The molecule has 0 spiro atoms. The number of aromatic hydroxyl groups is 1. The first-order valence-corrected chi connectivity index (χ1v) is 9.96. The molecule has 0 saturated carbocycles. The quantitative estimate of drug-likeness (QED) is 0.828. The van der Waals surface area contributed by atoms with Gasteiger partial charge in [0.05, 0.1) is 11.1 Å². The normalized spacial score (nSPS) is 20.1. The molecule has 7 heteroatoms. The van der Waals surface area contributed by atoms with Gasteiger partial charge in [-0.05, 0) is 48.4 Å². The van der Waals surface area contributed by atoms with Crippen molar-refractivity contribution in [3.63, 3.8) is 0 Å². The third-order valence-corrected chi connectivity index (χ3v) is 6.02. The second-order valence-electron chi connectivity index (χ2n) is 8.01. The standard InChI is InChI=1S/C22H24N4O3/c23-9-18-8-15(3-5-20(18)27)11-25-12-19(13-25)17-2-1-7-26(14-17)22(29)16-4-6-21(28)24-10-16/h3-6,8,10,17,19,27H,1-2,7,11-14H2,(H,24,28). The van der Waals surface area contributed by atoms with Crippen LogP contribution in [0.25, 0.3) is 0 Å². The van der Waals surface area contributed by atoms with Crippen molar-refractivity contribution in [1.82, 2.24) is 14.8 Å². The van der Waals surface area contributed by atoms with Crippen molar-refractivity contribution in [3.8, 4) is 11.8 Å². The number of benzene rings is 1. The summed E-state index contributed by atoms with van der Waals surface area (Å²) in [6.45, 7) is 4.24. The average Bonchev–Trinajstić information content (AvgIpc) is 2.71. The third kappa shape index (κ3) is 4.17. The lowest BCUT2D eigenvalue weighted by molar-refractivity contribution is 0.0169. The van der Waals surface area contributed by atoms with Gasteiger partial charge in [0.2, 0.25) is 5.56 Å². The molecule has 29 heavy (non-hydrogen) atoms. The van der Waals surface area contributed by atoms with Crippen LogP contribution in [0.1, 0.15) is 34.3 Å². The highest BCUT2D eigenvalue weighted by Crippen LogP contribution is 2.32. The van der Waals surface area contributed by atoms with Gasteiger partial charge in [-0.1, -0.05) is 6.07 Å². The monoisotopic (exact) mass is 392 g/mol. The molecule has 150 valence electrons. The Morgan fingerprint density at radius 3 is 2.76 bits per heavy atom. The van der Waals surface area contributed by atoms with E-state index >= 15 is 0 Å². The van der Waals surface area contributed by atoms with Crippen molar-refractivity contribution >= 4 is 5.91 Å². The van der Waals surface area contributed by atoms with E-state index in [0.717, 1.165) is 51.1 Å². The maximum absolute atomic E-state index is 12.7. The van der Waals surface area contributed by atoms with Crippen LogP contribution >= 0.6 is 0 Å². The molecule has 0 bridgehead atoms. The number of piperidine rings is 1. The van der Waals surface area contributed by atoms with Crippen LogP contribution in [0.5, 0.6) is 5.75 Å². The molecule has 0 aliphatic carbocycles. The molecule has 2 N–H and O–H groups in total. The Balaban J connectivity index is 1.31. The second kappa shape index (κ2) is 8.10. The molecule has 0 radical (unpaired) electrons. The number of phenols is 1. The Labute approximate surface area is 169 Å². The maximum atomic E-state index is 12.7. The molecule has 2 aromatic rings. The van der Waals surface area contributed by atoms with Crippen LogP contribution < -0.4 is 5.56 Å². The molecule has 2 fully saturated rings. The van der Waals surface area contributed by atoms with Crippen LogP contribution in [0.4, 0.5) is 0 Å². The van der Waals surface area contributed by atoms with Gasteiger partial charge in [0, 0.05) is 45.0 Å². The summed E-state index contributed by atoms with van der Waals surface area (Å²) in [5, 5.41) is 18.7. The predicted molar refractivity (Wildman–Crippen MR) is 107 cm³/mol. The number of hydrogen-bond acceptors (Lipinski definition) is 5. The number of nitrogens with one attached hydrogen (secondary N) is 1. The minimum absolute atomic E-state index is 0.0183. The van der Waals surface area contributed by atoms with Gasteiger partial charge >= 0.3 is 0 Å². The summed E-state index contributed by atoms with van der Waals surface area (Å²) >= 11 is 0. The Morgan fingerprint density at radius 2 is 2.03 bits per heavy atom. The number of carbonyl (C=O) groups is 1. The number of likely N-dealkylation sites (tertiary alicyclic amines) is 2. The fraction of sp³-hybridized carbons (Fsp3) is 0.409. The van der Waals surface area contributed by atoms with E-state index in [1.54, 1.807) is 18.2 Å². The van der Waals surface area contributed by atoms with Gasteiger partial charge in [-0.25, -0.2) is 0 Å². The van der Waals surface area contributed by atoms with Crippen LogP contribution in [0.2, 0.25) is 0 Å². The van der Waals surface area contributed by atoms with E-state index in [2.05, 4.69) is 9.88 Å². The Morgan fingerprint density at radius 1 is 1.21 bits per heavy atom. The molecule has 1 atom stereocenters. The molecular weight excluding hydrogens is 368 g/mol. The topological polar surface area (TPSA) is 100 Å². The van der Waals surface area contributed by atoms with Crippen molar-refractivity contribution in [2.24, 2.45) is 11.8 Å².